The van der Waals surface area contributed by atoms with Crippen LogP contribution in [-0.2, 0) is 24.8 Å². The predicted octanol–water partition coefficient (Wildman–Crippen LogP) is 3.53. The summed E-state index contributed by atoms with van der Waals surface area (Å²) in [6, 6.07) is 15.9. The lowest BCUT2D eigenvalue weighted by atomic mass is 9.80. The van der Waals surface area contributed by atoms with Gasteiger partial charge >= 0.3 is 17.7 Å². The van der Waals surface area contributed by atoms with E-state index in [9.17, 15) is 14.4 Å². The van der Waals surface area contributed by atoms with Crippen LogP contribution in [0, 0.1) is 0 Å². The number of benzene rings is 3. The molecule has 0 saturated carbocycles. The highest BCUT2D eigenvalue weighted by molar-refractivity contribution is 6.06. The van der Waals surface area contributed by atoms with Crippen LogP contribution in [0.3, 0.4) is 0 Å². The van der Waals surface area contributed by atoms with Crippen LogP contribution < -0.4 is 14.2 Å². The van der Waals surface area contributed by atoms with Gasteiger partial charge in [-0.3, -0.25) is 14.4 Å². The molecule has 2 aliphatic rings. The molecule has 0 aromatic heterocycles. The fourth-order valence-corrected chi connectivity index (χ4v) is 4.51. The van der Waals surface area contributed by atoms with Gasteiger partial charge in [0.15, 0.2) is 0 Å². The fourth-order valence-electron chi connectivity index (χ4n) is 4.51. The van der Waals surface area contributed by atoms with Crippen molar-refractivity contribution in [1.29, 1.82) is 0 Å². The minimum absolute atomic E-state index is 0.126. The molecule has 33 heavy (non-hydrogen) atoms. The average Bonchev–Trinajstić information content (AvgIpc) is 2.79. The maximum Gasteiger partial charge on any atom is 0.321 e. The van der Waals surface area contributed by atoms with Crippen LogP contribution >= 0.6 is 0 Å². The summed E-state index contributed by atoms with van der Waals surface area (Å²) in [5.41, 5.74) is 0.425. The lowest BCUT2D eigenvalue weighted by molar-refractivity contribution is -0.238. The molecular weight excluding hydrogens is 428 g/mol. The van der Waals surface area contributed by atoms with Gasteiger partial charge in [0.1, 0.15) is 17.2 Å². The number of carbonyl (C=O) groups excluding carboxylic acids is 3. The zero-order chi connectivity index (χ0) is 23.3. The number of fused-ring (bicyclic) bond motifs is 2. The van der Waals surface area contributed by atoms with Gasteiger partial charge in [-0.15, -0.1) is 0 Å². The number of esters is 2. The number of rotatable bonds is 3. The zero-order valence-corrected chi connectivity index (χ0v) is 18.1. The van der Waals surface area contributed by atoms with Crippen LogP contribution in [0.4, 0.5) is 0 Å². The molecule has 1 heterocycles. The first-order valence-electron chi connectivity index (χ1n) is 10.3. The molecule has 0 unspecified atom stereocenters. The first-order chi connectivity index (χ1) is 15.9. The van der Waals surface area contributed by atoms with E-state index in [2.05, 4.69) is 0 Å². The summed E-state index contributed by atoms with van der Waals surface area (Å²) in [7, 11) is 1.42. The van der Waals surface area contributed by atoms with Crippen molar-refractivity contribution >= 4 is 28.5 Å². The van der Waals surface area contributed by atoms with Crippen LogP contribution in [0.2, 0.25) is 0 Å². The molecule has 8 nitrogen and oxygen atoms in total. The molecule has 3 aromatic carbocycles. The third kappa shape index (κ3) is 3.09. The van der Waals surface area contributed by atoms with Gasteiger partial charge in [0.2, 0.25) is 18.0 Å². The quantitative estimate of drug-likeness (QED) is 0.562. The summed E-state index contributed by atoms with van der Waals surface area (Å²) >= 11 is 0. The van der Waals surface area contributed by atoms with Crippen LogP contribution in [0.25, 0.3) is 10.8 Å². The summed E-state index contributed by atoms with van der Waals surface area (Å²) < 4.78 is 29.3. The molecule has 0 radical (unpaired) electrons. The summed E-state index contributed by atoms with van der Waals surface area (Å²) in [6.07, 6.45) is -2.94. The van der Waals surface area contributed by atoms with E-state index in [1.54, 1.807) is 30.3 Å². The molecule has 1 spiro atoms. The standard InChI is InChI=1S/C25H20O8/c1-13(26)30-23-22(28)21-16(9-6-10-17(21)29-3)25(24(23)31-14(2)27)32-18-11-4-7-15-8-5-12-19(33-25)20(15)18/h4-12,23-24H,1-3H3/t23-,24-/m1/s1. The van der Waals surface area contributed by atoms with Gasteiger partial charge in [-0.2, -0.15) is 0 Å². The first kappa shape index (κ1) is 20.8. The Kier molecular flexibility index (Phi) is 4.74. The SMILES string of the molecule is COc1cccc2c1C(=O)[C@@H](OC(C)=O)[C@@H](OC(C)=O)C21Oc2cccc3cccc(c23)O1. The number of Topliss-reactive ketones (excluding diaryl/α,β-unsaturated/α-hetero) is 1. The molecule has 1 aliphatic carbocycles. The molecule has 0 fully saturated rings. The minimum Gasteiger partial charge on any atom is -0.496 e. The van der Waals surface area contributed by atoms with Crippen LogP contribution in [-0.4, -0.2) is 37.0 Å². The van der Waals surface area contributed by atoms with E-state index in [0.29, 0.717) is 17.1 Å². The van der Waals surface area contributed by atoms with Gasteiger partial charge in [0, 0.05) is 13.8 Å². The number of hydrogen-bond acceptors (Lipinski definition) is 8. The van der Waals surface area contributed by atoms with Crippen molar-refractivity contribution in [2.75, 3.05) is 7.11 Å². The van der Waals surface area contributed by atoms with Crippen molar-refractivity contribution in [1.82, 2.24) is 0 Å². The second-order valence-electron chi connectivity index (χ2n) is 7.79. The van der Waals surface area contributed by atoms with Crippen LogP contribution in [0.5, 0.6) is 17.2 Å². The summed E-state index contributed by atoms with van der Waals surface area (Å²) in [6.45, 7) is 2.36. The molecule has 1 aliphatic heterocycles. The average molecular weight is 448 g/mol. The molecule has 8 heteroatoms. The molecule has 2 atom stereocenters. The molecule has 0 bridgehead atoms. The molecule has 0 N–H and O–H groups in total. The largest absolute Gasteiger partial charge is 0.496 e. The second kappa shape index (κ2) is 7.51. The maximum absolute atomic E-state index is 13.5. The van der Waals surface area contributed by atoms with Crippen molar-refractivity contribution in [2.24, 2.45) is 0 Å². The number of ether oxygens (including phenoxy) is 5. The Balaban J connectivity index is 1.81. The van der Waals surface area contributed by atoms with Crippen molar-refractivity contribution in [3.63, 3.8) is 0 Å². The van der Waals surface area contributed by atoms with Crippen molar-refractivity contribution in [3.05, 3.63) is 65.7 Å². The van der Waals surface area contributed by atoms with Gasteiger partial charge in [-0.1, -0.05) is 36.4 Å². The number of carbonyl (C=O) groups is 3. The number of methoxy groups -OCH3 is 1. The third-order valence-electron chi connectivity index (χ3n) is 5.71. The Labute approximate surface area is 188 Å². The molecule has 168 valence electrons. The summed E-state index contributed by atoms with van der Waals surface area (Å²) in [5, 5.41) is 1.62. The molecular formula is C25H20O8. The summed E-state index contributed by atoms with van der Waals surface area (Å²) in [4.78, 5) is 37.6. The highest BCUT2D eigenvalue weighted by atomic mass is 16.7. The van der Waals surface area contributed by atoms with Gasteiger partial charge in [-0.25, -0.2) is 0 Å². The van der Waals surface area contributed by atoms with Crippen molar-refractivity contribution < 1.29 is 38.1 Å². The Morgan fingerprint density at radius 1 is 0.879 bits per heavy atom. The van der Waals surface area contributed by atoms with Gasteiger partial charge in [-0.05, 0) is 23.6 Å². The first-order valence-corrected chi connectivity index (χ1v) is 10.3. The van der Waals surface area contributed by atoms with E-state index in [1.165, 1.54) is 21.0 Å². The predicted molar refractivity (Wildman–Crippen MR) is 115 cm³/mol. The third-order valence-corrected chi connectivity index (χ3v) is 5.71. The Hall–Kier alpha value is -4.07. The Morgan fingerprint density at radius 3 is 2.06 bits per heavy atom. The number of ketones is 1. The van der Waals surface area contributed by atoms with Crippen LogP contribution in [0.15, 0.2) is 54.6 Å². The van der Waals surface area contributed by atoms with E-state index in [-0.39, 0.29) is 11.3 Å². The van der Waals surface area contributed by atoms with E-state index in [1.807, 2.05) is 24.3 Å². The Bertz CT molecular complexity index is 1270. The number of hydrogen-bond donors (Lipinski definition) is 0. The molecule has 3 aromatic rings. The van der Waals surface area contributed by atoms with E-state index < -0.39 is 35.7 Å². The fraction of sp³-hybridized carbons (Fsp3) is 0.240. The molecule has 0 saturated heterocycles. The monoisotopic (exact) mass is 448 g/mol. The van der Waals surface area contributed by atoms with E-state index in [0.717, 1.165) is 10.8 Å². The van der Waals surface area contributed by atoms with Crippen LogP contribution in [0.1, 0.15) is 29.8 Å². The maximum atomic E-state index is 13.5. The topological polar surface area (TPSA) is 97.4 Å². The second-order valence-corrected chi connectivity index (χ2v) is 7.79. The highest BCUT2D eigenvalue weighted by Gasteiger charge is 2.62. The van der Waals surface area contributed by atoms with E-state index in [4.69, 9.17) is 23.7 Å². The van der Waals surface area contributed by atoms with Gasteiger partial charge in [0.05, 0.1) is 23.6 Å². The highest BCUT2D eigenvalue weighted by Crippen LogP contribution is 2.51. The zero-order valence-electron chi connectivity index (χ0n) is 18.1. The van der Waals surface area contributed by atoms with Gasteiger partial charge < -0.3 is 23.7 Å². The summed E-state index contributed by atoms with van der Waals surface area (Å²) in [5.74, 6) is -2.63. The van der Waals surface area contributed by atoms with Crippen molar-refractivity contribution in [3.8, 4) is 17.2 Å². The smallest absolute Gasteiger partial charge is 0.321 e. The minimum atomic E-state index is -1.81. The van der Waals surface area contributed by atoms with E-state index >= 15 is 0 Å². The van der Waals surface area contributed by atoms with Gasteiger partial charge in [0.25, 0.3) is 0 Å². The lowest BCUT2D eigenvalue weighted by Crippen LogP contribution is -2.63. The van der Waals surface area contributed by atoms with Crippen molar-refractivity contribution in [2.45, 2.75) is 31.8 Å². The molecule has 0 amide bonds. The Morgan fingerprint density at radius 2 is 1.48 bits per heavy atom. The molecule has 5 rings (SSSR count). The lowest BCUT2D eigenvalue weighted by Gasteiger charge is -2.47. The normalized spacial score (nSPS) is 19.8.